The van der Waals surface area contributed by atoms with Crippen molar-refractivity contribution in [3.8, 4) is 5.69 Å². The van der Waals surface area contributed by atoms with Crippen molar-refractivity contribution in [2.45, 2.75) is 44.5 Å². The minimum atomic E-state index is -4.74. The van der Waals surface area contributed by atoms with Gasteiger partial charge in [-0.25, -0.2) is 13.8 Å². The number of hydrogen-bond donors (Lipinski definition) is 2. The summed E-state index contributed by atoms with van der Waals surface area (Å²) in [4.78, 5) is 32.4. The summed E-state index contributed by atoms with van der Waals surface area (Å²) in [5, 5.41) is 12.1. The number of hydrogen-bond acceptors (Lipinski definition) is 5. The highest BCUT2D eigenvalue weighted by Crippen LogP contribution is 2.53. The number of benzene rings is 1. The number of nitrogens with one attached hydrogen (secondary N) is 1. The Morgan fingerprint density at radius 2 is 1.97 bits per heavy atom. The average Bonchev–Trinajstić information content (AvgIpc) is 3.55. The van der Waals surface area contributed by atoms with Crippen LogP contribution in [0, 0.1) is 17.0 Å². The molecule has 2 fully saturated rings. The smallest absolute Gasteiger partial charge is 0.391 e. The number of pyridine rings is 2. The fourth-order valence-electron chi connectivity index (χ4n) is 4.82. The van der Waals surface area contributed by atoms with E-state index in [2.05, 4.69) is 4.98 Å². The van der Waals surface area contributed by atoms with Crippen molar-refractivity contribution in [1.29, 1.82) is 0 Å². The summed E-state index contributed by atoms with van der Waals surface area (Å²) < 4.78 is 69.2. The second-order valence-corrected chi connectivity index (χ2v) is 9.61. The van der Waals surface area contributed by atoms with Gasteiger partial charge in [0.25, 0.3) is 5.91 Å². The Balaban J connectivity index is 1.65. The van der Waals surface area contributed by atoms with E-state index >= 15 is 0 Å². The summed E-state index contributed by atoms with van der Waals surface area (Å²) in [7, 11) is 0. The minimum Gasteiger partial charge on any atom is -0.391 e. The first-order valence-electron chi connectivity index (χ1n) is 11.8. The van der Waals surface area contributed by atoms with E-state index in [-0.39, 0.29) is 22.1 Å². The number of β-amino-alcohol motifs (C(OH)–C–C–N with tert-alkyl or cyclic N) is 1. The van der Waals surface area contributed by atoms with Crippen molar-refractivity contribution in [1.82, 2.24) is 14.9 Å². The summed E-state index contributed by atoms with van der Waals surface area (Å²) >= 11 is 0. The molecule has 2 aliphatic rings. The number of aromatic nitrogens is 2. The van der Waals surface area contributed by atoms with E-state index in [0.717, 1.165) is 35.7 Å². The second kappa shape index (κ2) is 8.79. The molecular formula is C25H23F5N4O3. The van der Waals surface area contributed by atoms with Crippen LogP contribution in [-0.4, -0.2) is 52.0 Å². The molecule has 1 aliphatic carbocycles. The van der Waals surface area contributed by atoms with Crippen molar-refractivity contribution in [3.63, 3.8) is 0 Å². The standard InChI is InChI=1S/C25H23F5N4O3/c1-2-18(25(28,29)30)31-23(37)15-10-34(17-5-3-13(26)9-16(17)27)22-14(21(15)36)4-6-20(32-22)33-11-19(35)24(12-33)7-8-24/h3-6,9-10,18-19,35H,2,7-8,11-12H2,1H3,(H,31,37). The first kappa shape index (κ1) is 25.1. The number of carbonyl (C=O) groups is 1. The van der Waals surface area contributed by atoms with Gasteiger partial charge >= 0.3 is 6.18 Å². The normalized spacial score (nSPS) is 19.4. The predicted molar refractivity (Wildman–Crippen MR) is 125 cm³/mol. The van der Waals surface area contributed by atoms with Crippen LogP contribution in [0.5, 0.6) is 0 Å². The number of alkyl halides is 3. The van der Waals surface area contributed by atoms with Gasteiger partial charge in [0.2, 0.25) is 5.43 Å². The van der Waals surface area contributed by atoms with Gasteiger partial charge in [-0.3, -0.25) is 14.2 Å². The van der Waals surface area contributed by atoms with Gasteiger partial charge in [0.15, 0.2) is 5.65 Å². The molecule has 1 spiro atoms. The number of halogens is 5. The quantitative estimate of drug-likeness (QED) is 0.500. The van der Waals surface area contributed by atoms with E-state index in [1.165, 1.54) is 19.1 Å². The molecule has 1 saturated heterocycles. The number of aliphatic hydroxyl groups is 1. The monoisotopic (exact) mass is 522 g/mol. The first-order chi connectivity index (χ1) is 17.4. The molecule has 2 aromatic heterocycles. The van der Waals surface area contributed by atoms with Crippen LogP contribution >= 0.6 is 0 Å². The fraction of sp³-hybridized carbons (Fsp3) is 0.400. The van der Waals surface area contributed by atoms with Gasteiger partial charge in [0, 0.05) is 30.8 Å². The van der Waals surface area contributed by atoms with Crippen molar-refractivity contribution < 1.29 is 31.9 Å². The third-order valence-corrected chi connectivity index (χ3v) is 7.18. The molecule has 12 heteroatoms. The molecule has 0 radical (unpaired) electrons. The third-order valence-electron chi connectivity index (χ3n) is 7.18. The van der Waals surface area contributed by atoms with Gasteiger partial charge in [-0.1, -0.05) is 6.92 Å². The van der Waals surface area contributed by atoms with Crippen molar-refractivity contribution >= 4 is 22.8 Å². The highest BCUT2D eigenvalue weighted by atomic mass is 19.4. The van der Waals surface area contributed by atoms with Crippen LogP contribution in [0.1, 0.15) is 36.5 Å². The summed E-state index contributed by atoms with van der Waals surface area (Å²) in [6.07, 6.45) is -3.08. The predicted octanol–water partition coefficient (Wildman–Crippen LogP) is 3.70. The zero-order valence-electron chi connectivity index (χ0n) is 19.6. The number of rotatable bonds is 5. The molecule has 0 bridgehead atoms. The SMILES string of the molecule is CCC(NC(=O)c1cn(-c2ccc(F)cc2F)c2nc(N3CC(O)C4(CC4)C3)ccc2c1=O)C(F)(F)F. The molecule has 37 heavy (non-hydrogen) atoms. The van der Waals surface area contributed by atoms with E-state index in [0.29, 0.717) is 25.0 Å². The molecule has 1 aromatic carbocycles. The lowest BCUT2D eigenvalue weighted by molar-refractivity contribution is -0.153. The zero-order valence-corrected chi connectivity index (χ0v) is 19.6. The van der Waals surface area contributed by atoms with Crippen LogP contribution in [0.3, 0.4) is 0 Å². The highest BCUT2D eigenvalue weighted by molar-refractivity contribution is 5.97. The molecule has 1 aliphatic heterocycles. The Morgan fingerprint density at radius 3 is 2.57 bits per heavy atom. The van der Waals surface area contributed by atoms with Gasteiger partial charge in [0.05, 0.1) is 17.2 Å². The molecule has 5 rings (SSSR count). The van der Waals surface area contributed by atoms with Crippen LogP contribution in [0.25, 0.3) is 16.7 Å². The van der Waals surface area contributed by atoms with Crippen LogP contribution < -0.4 is 15.6 Å². The van der Waals surface area contributed by atoms with E-state index in [1.807, 2.05) is 10.2 Å². The lowest BCUT2D eigenvalue weighted by atomic mass is 10.0. The maximum atomic E-state index is 14.8. The maximum Gasteiger partial charge on any atom is 0.408 e. The molecule has 3 aromatic rings. The van der Waals surface area contributed by atoms with Crippen LogP contribution in [0.15, 0.2) is 41.3 Å². The van der Waals surface area contributed by atoms with E-state index in [1.54, 1.807) is 0 Å². The lowest BCUT2D eigenvalue weighted by Gasteiger charge is -2.21. The number of aliphatic hydroxyl groups excluding tert-OH is 1. The molecule has 1 amide bonds. The molecule has 2 atom stereocenters. The Bertz CT molecular complexity index is 1450. The number of anilines is 1. The number of amides is 1. The zero-order chi connectivity index (χ0) is 26.7. The molecule has 3 heterocycles. The Hall–Kier alpha value is -3.54. The fourth-order valence-corrected chi connectivity index (χ4v) is 4.82. The van der Waals surface area contributed by atoms with Crippen LogP contribution in [-0.2, 0) is 0 Å². The summed E-state index contributed by atoms with van der Waals surface area (Å²) in [5.74, 6) is -2.78. The third kappa shape index (κ3) is 4.43. The van der Waals surface area contributed by atoms with Gasteiger partial charge in [-0.05, 0) is 43.5 Å². The van der Waals surface area contributed by atoms with Gasteiger partial charge in [0.1, 0.15) is 29.1 Å². The Labute approximate surface area is 207 Å². The van der Waals surface area contributed by atoms with Gasteiger partial charge in [-0.15, -0.1) is 0 Å². The topological polar surface area (TPSA) is 87.5 Å². The molecule has 1 saturated carbocycles. The highest BCUT2D eigenvalue weighted by Gasteiger charge is 2.54. The molecule has 196 valence electrons. The van der Waals surface area contributed by atoms with Crippen LogP contribution in [0.4, 0.5) is 27.8 Å². The van der Waals surface area contributed by atoms with E-state index < -0.39 is 53.3 Å². The number of fused-ring (bicyclic) bond motifs is 1. The van der Waals surface area contributed by atoms with E-state index in [4.69, 9.17) is 0 Å². The Kier molecular flexibility index (Phi) is 5.97. The van der Waals surface area contributed by atoms with E-state index in [9.17, 15) is 36.6 Å². The largest absolute Gasteiger partial charge is 0.408 e. The Morgan fingerprint density at radius 1 is 1.24 bits per heavy atom. The van der Waals surface area contributed by atoms with Crippen molar-refractivity contribution in [3.05, 3.63) is 63.9 Å². The summed E-state index contributed by atoms with van der Waals surface area (Å²) in [6, 6.07) is 3.33. The molecular weight excluding hydrogens is 499 g/mol. The maximum absolute atomic E-state index is 14.8. The van der Waals surface area contributed by atoms with Crippen LogP contribution in [0.2, 0.25) is 0 Å². The molecule has 2 N–H and O–H groups in total. The van der Waals surface area contributed by atoms with Crippen molar-refractivity contribution in [2.24, 2.45) is 5.41 Å². The lowest BCUT2D eigenvalue weighted by Crippen LogP contribution is -2.46. The van der Waals surface area contributed by atoms with Gasteiger partial charge in [-0.2, -0.15) is 13.2 Å². The van der Waals surface area contributed by atoms with Gasteiger partial charge < -0.3 is 15.3 Å². The number of carbonyl (C=O) groups excluding carboxylic acids is 1. The average molecular weight is 522 g/mol. The molecule has 2 unspecified atom stereocenters. The summed E-state index contributed by atoms with van der Waals surface area (Å²) in [6.45, 7) is 2.08. The molecule has 7 nitrogen and oxygen atoms in total. The first-order valence-corrected chi connectivity index (χ1v) is 11.8. The minimum absolute atomic E-state index is 0.0707. The second-order valence-electron chi connectivity index (χ2n) is 9.61. The summed E-state index contributed by atoms with van der Waals surface area (Å²) in [5.41, 5.74) is -2.06. The van der Waals surface area contributed by atoms with Crippen molar-refractivity contribution in [2.75, 3.05) is 18.0 Å². The number of nitrogens with zero attached hydrogens (tertiary/aromatic N) is 3.